The maximum Gasteiger partial charge on any atom is 0.270 e. The summed E-state index contributed by atoms with van der Waals surface area (Å²) >= 11 is 0. The van der Waals surface area contributed by atoms with Crippen LogP contribution in [0.5, 0.6) is 0 Å². The third-order valence-corrected chi connectivity index (χ3v) is 2.87. The van der Waals surface area contributed by atoms with Crippen molar-refractivity contribution in [1.82, 2.24) is 0 Å². The summed E-state index contributed by atoms with van der Waals surface area (Å²) in [5.41, 5.74) is 1.43. The van der Waals surface area contributed by atoms with Gasteiger partial charge in [-0.25, -0.2) is 8.78 Å². The molecule has 0 fully saturated rings. The lowest BCUT2D eigenvalue weighted by Gasteiger charge is -2.03. The smallest absolute Gasteiger partial charge is 0.270 e. The van der Waals surface area contributed by atoms with Crippen LogP contribution in [-0.4, -0.2) is 17.2 Å². The number of rotatable bonds is 6. The van der Waals surface area contributed by atoms with Gasteiger partial charge >= 0.3 is 0 Å². The van der Waals surface area contributed by atoms with Gasteiger partial charge < -0.3 is 15.3 Å². The lowest BCUT2D eigenvalue weighted by atomic mass is 10.1. The van der Waals surface area contributed by atoms with Gasteiger partial charge in [-0.05, 0) is 23.3 Å². The molecule has 1 amide bonds. The van der Waals surface area contributed by atoms with E-state index in [1.807, 2.05) is 0 Å². The van der Waals surface area contributed by atoms with Crippen LogP contribution in [0.3, 0.4) is 0 Å². The predicted molar refractivity (Wildman–Crippen MR) is 80.6 cm³/mol. The molecule has 2 rings (SSSR count). The second-order valence-electron chi connectivity index (χ2n) is 4.60. The van der Waals surface area contributed by atoms with Gasteiger partial charge in [0.25, 0.3) is 5.91 Å². The molecule has 0 aromatic heterocycles. The Morgan fingerprint density at radius 3 is 2.52 bits per heavy atom. The molecule has 120 valence electrons. The average molecular weight is 320 g/mol. The van der Waals surface area contributed by atoms with Crippen molar-refractivity contribution in [3.63, 3.8) is 0 Å². The van der Waals surface area contributed by atoms with Crippen LogP contribution < -0.4 is 5.32 Å². The monoisotopic (exact) mass is 320 g/mol. The largest absolute Gasteiger partial charge is 0.392 e. The first kappa shape index (κ1) is 16.6. The van der Waals surface area contributed by atoms with Crippen molar-refractivity contribution >= 4 is 17.8 Å². The second-order valence-corrected chi connectivity index (χ2v) is 4.60. The van der Waals surface area contributed by atoms with Crippen LogP contribution in [0.1, 0.15) is 11.1 Å². The Labute approximate surface area is 131 Å². The Bertz CT molecular complexity index is 703. The number of amides is 1. The van der Waals surface area contributed by atoms with E-state index in [4.69, 9.17) is 9.94 Å². The first-order valence-corrected chi connectivity index (χ1v) is 6.68. The topological polar surface area (TPSA) is 70.9 Å². The van der Waals surface area contributed by atoms with Gasteiger partial charge in [-0.2, -0.15) is 0 Å². The number of oxime groups is 1. The Balaban J connectivity index is 1.81. The summed E-state index contributed by atoms with van der Waals surface area (Å²) in [5, 5.41) is 14.6. The number of anilines is 1. The fraction of sp³-hybridized carbons (Fsp3) is 0.125. The zero-order chi connectivity index (χ0) is 16.7. The van der Waals surface area contributed by atoms with E-state index >= 15 is 0 Å². The van der Waals surface area contributed by atoms with Crippen molar-refractivity contribution < 1.29 is 23.5 Å². The standard InChI is InChI=1S/C16H14F2N2O3/c17-13-5-6-15(14(18)7-13)20-16(22)8-19-23-10-12-3-1-11(9-21)2-4-12/h1-8,21H,9-10H2,(H,20,22)/b19-8+. The van der Waals surface area contributed by atoms with Gasteiger partial charge in [-0.1, -0.05) is 29.4 Å². The molecule has 5 nitrogen and oxygen atoms in total. The molecular formula is C16H14F2N2O3. The van der Waals surface area contributed by atoms with Gasteiger partial charge in [-0.3, -0.25) is 4.79 Å². The number of benzene rings is 2. The van der Waals surface area contributed by atoms with Crippen molar-refractivity contribution in [3.05, 3.63) is 65.2 Å². The number of hydrogen-bond donors (Lipinski definition) is 2. The fourth-order valence-electron chi connectivity index (χ4n) is 1.69. The van der Waals surface area contributed by atoms with E-state index in [-0.39, 0.29) is 18.9 Å². The molecule has 0 aliphatic heterocycles. The van der Waals surface area contributed by atoms with Crippen LogP contribution in [0.4, 0.5) is 14.5 Å². The molecule has 0 unspecified atom stereocenters. The molecule has 0 radical (unpaired) electrons. The van der Waals surface area contributed by atoms with E-state index in [9.17, 15) is 13.6 Å². The highest BCUT2D eigenvalue weighted by Gasteiger charge is 2.06. The molecule has 0 bridgehead atoms. The summed E-state index contributed by atoms with van der Waals surface area (Å²) in [7, 11) is 0. The number of carbonyl (C=O) groups excluding carboxylic acids is 1. The molecule has 0 saturated heterocycles. The summed E-state index contributed by atoms with van der Waals surface area (Å²) in [6, 6.07) is 9.81. The zero-order valence-corrected chi connectivity index (χ0v) is 12.0. The number of nitrogens with one attached hydrogen (secondary N) is 1. The Morgan fingerprint density at radius 2 is 1.87 bits per heavy atom. The van der Waals surface area contributed by atoms with Crippen LogP contribution in [0.25, 0.3) is 0 Å². The van der Waals surface area contributed by atoms with Crippen LogP contribution in [-0.2, 0) is 22.8 Å². The van der Waals surface area contributed by atoms with Gasteiger partial charge in [0.15, 0.2) is 0 Å². The van der Waals surface area contributed by atoms with Crippen LogP contribution >= 0.6 is 0 Å². The van der Waals surface area contributed by atoms with E-state index in [0.29, 0.717) is 6.07 Å². The van der Waals surface area contributed by atoms with Crippen molar-refractivity contribution in [1.29, 1.82) is 0 Å². The van der Waals surface area contributed by atoms with E-state index < -0.39 is 17.5 Å². The molecule has 0 heterocycles. The third-order valence-electron chi connectivity index (χ3n) is 2.87. The van der Waals surface area contributed by atoms with Crippen LogP contribution in [0.15, 0.2) is 47.6 Å². The average Bonchev–Trinajstić information content (AvgIpc) is 2.55. The highest BCUT2D eigenvalue weighted by molar-refractivity contribution is 6.31. The number of hydrogen-bond acceptors (Lipinski definition) is 4. The lowest BCUT2D eigenvalue weighted by molar-refractivity contribution is -0.110. The molecule has 2 aromatic rings. The van der Waals surface area contributed by atoms with Crippen molar-refractivity contribution in [2.45, 2.75) is 13.2 Å². The number of aliphatic hydroxyl groups is 1. The Kier molecular flexibility index (Phi) is 5.76. The molecule has 0 atom stereocenters. The van der Waals surface area contributed by atoms with Gasteiger partial charge in [0, 0.05) is 6.07 Å². The van der Waals surface area contributed by atoms with Crippen molar-refractivity contribution in [2.75, 3.05) is 5.32 Å². The summed E-state index contributed by atoms with van der Waals surface area (Å²) in [6.45, 7) is 0.0970. The van der Waals surface area contributed by atoms with Crippen LogP contribution in [0.2, 0.25) is 0 Å². The van der Waals surface area contributed by atoms with Crippen molar-refractivity contribution in [3.8, 4) is 0 Å². The Morgan fingerprint density at radius 1 is 1.17 bits per heavy atom. The fourth-order valence-corrected chi connectivity index (χ4v) is 1.69. The quantitative estimate of drug-likeness (QED) is 0.635. The molecule has 23 heavy (non-hydrogen) atoms. The second kappa shape index (κ2) is 8.00. The van der Waals surface area contributed by atoms with Crippen LogP contribution in [0, 0.1) is 11.6 Å². The minimum Gasteiger partial charge on any atom is -0.392 e. The maximum atomic E-state index is 13.3. The van der Waals surface area contributed by atoms with E-state index in [2.05, 4.69) is 10.5 Å². The zero-order valence-electron chi connectivity index (χ0n) is 12.0. The summed E-state index contributed by atoms with van der Waals surface area (Å²) < 4.78 is 26.1. The van der Waals surface area contributed by atoms with Gasteiger partial charge in [0.1, 0.15) is 24.5 Å². The van der Waals surface area contributed by atoms with E-state index in [1.54, 1.807) is 24.3 Å². The molecule has 0 aliphatic carbocycles. The summed E-state index contributed by atoms with van der Waals surface area (Å²) in [5.74, 6) is -2.31. The number of aliphatic hydroxyl groups excluding tert-OH is 1. The normalized spacial score (nSPS) is 10.7. The third kappa shape index (κ3) is 5.15. The number of nitrogens with zero attached hydrogens (tertiary/aromatic N) is 1. The van der Waals surface area contributed by atoms with Gasteiger partial charge in [0.2, 0.25) is 0 Å². The lowest BCUT2D eigenvalue weighted by Crippen LogP contribution is -2.14. The summed E-state index contributed by atoms with van der Waals surface area (Å²) in [6.07, 6.45) is 0.852. The minimum absolute atomic E-state index is 0.0423. The summed E-state index contributed by atoms with van der Waals surface area (Å²) in [4.78, 5) is 16.5. The maximum absolute atomic E-state index is 13.3. The van der Waals surface area contributed by atoms with Crippen molar-refractivity contribution in [2.24, 2.45) is 5.16 Å². The SMILES string of the molecule is O=C(/C=N/OCc1ccc(CO)cc1)Nc1ccc(F)cc1F. The first-order valence-electron chi connectivity index (χ1n) is 6.68. The molecule has 2 aromatic carbocycles. The molecule has 2 N–H and O–H groups in total. The molecule has 0 spiro atoms. The Hall–Kier alpha value is -2.80. The molecule has 0 saturated carbocycles. The molecule has 7 heteroatoms. The van der Waals surface area contributed by atoms with Gasteiger partial charge in [-0.15, -0.1) is 0 Å². The van der Waals surface area contributed by atoms with Gasteiger partial charge in [0.05, 0.1) is 12.3 Å². The predicted octanol–water partition coefficient (Wildman–Crippen LogP) is 2.60. The number of carbonyl (C=O) groups is 1. The highest BCUT2D eigenvalue weighted by atomic mass is 19.1. The molecular weight excluding hydrogens is 306 g/mol. The molecule has 0 aliphatic rings. The highest BCUT2D eigenvalue weighted by Crippen LogP contribution is 2.14. The van der Waals surface area contributed by atoms with E-state index in [0.717, 1.165) is 29.5 Å². The first-order chi connectivity index (χ1) is 11.1. The van der Waals surface area contributed by atoms with E-state index in [1.165, 1.54) is 0 Å². The minimum atomic E-state index is -0.878. The number of halogens is 2.